The number of carboxylic acids is 1. The smallest absolute Gasteiger partial charge is 0.358 e. The molecule has 0 radical (unpaired) electrons. The van der Waals surface area contributed by atoms with Crippen LogP contribution in [0.15, 0.2) is 0 Å². The molecule has 0 bridgehead atoms. The van der Waals surface area contributed by atoms with Gasteiger partial charge in [0.05, 0.1) is 25.5 Å². The van der Waals surface area contributed by atoms with Crippen molar-refractivity contribution >= 4 is 5.97 Å². The summed E-state index contributed by atoms with van der Waals surface area (Å²) in [6.45, 7) is 5.09. The van der Waals surface area contributed by atoms with Gasteiger partial charge in [-0.05, 0) is 6.54 Å². The molecule has 1 aliphatic rings. The number of morpholine rings is 1. The minimum Gasteiger partial charge on any atom is -0.476 e. The number of ether oxygens (including phenoxy) is 1. The van der Waals surface area contributed by atoms with Crippen LogP contribution in [-0.4, -0.2) is 70.4 Å². The van der Waals surface area contributed by atoms with Crippen LogP contribution in [0, 0.1) is 0 Å². The second-order valence-electron chi connectivity index (χ2n) is 4.41. The summed E-state index contributed by atoms with van der Waals surface area (Å²) in [5, 5.41) is 16.7. The fraction of sp³-hybridized carbons (Fsp3) is 0.727. The first-order valence-electron chi connectivity index (χ1n) is 6.38. The number of aromatic nitrogens is 3. The van der Waals surface area contributed by atoms with E-state index in [0.717, 1.165) is 32.8 Å². The van der Waals surface area contributed by atoms with Crippen molar-refractivity contribution in [3.8, 4) is 0 Å². The quantitative estimate of drug-likeness (QED) is 0.668. The van der Waals surface area contributed by atoms with Gasteiger partial charge in [0.25, 0.3) is 0 Å². The monoisotopic (exact) mass is 269 g/mol. The molecule has 1 saturated heterocycles. The molecular weight excluding hydrogens is 250 g/mol. The molecule has 2 rings (SSSR count). The van der Waals surface area contributed by atoms with Gasteiger partial charge in [-0.15, -0.1) is 5.10 Å². The number of hydrogen-bond acceptors (Lipinski definition) is 6. The molecule has 0 atom stereocenters. The lowest BCUT2D eigenvalue weighted by Crippen LogP contribution is -2.38. The van der Waals surface area contributed by atoms with Crippen LogP contribution in [0.1, 0.15) is 16.2 Å². The fourth-order valence-corrected chi connectivity index (χ4v) is 2.12. The van der Waals surface area contributed by atoms with E-state index in [2.05, 4.69) is 15.2 Å². The normalized spacial score (nSPS) is 16.7. The summed E-state index contributed by atoms with van der Waals surface area (Å²) in [5.74, 6) is -1.05. The Morgan fingerprint density at radius 2 is 2.11 bits per heavy atom. The third kappa shape index (κ3) is 3.49. The Labute approximate surface area is 111 Å². The van der Waals surface area contributed by atoms with Crippen LogP contribution in [0.25, 0.3) is 0 Å². The topological polar surface area (TPSA) is 106 Å². The molecule has 0 unspecified atom stereocenters. The first-order chi connectivity index (χ1) is 9.22. The molecule has 3 N–H and O–H groups in total. The van der Waals surface area contributed by atoms with Gasteiger partial charge in [0.15, 0.2) is 5.69 Å². The molecule has 8 heteroatoms. The Balaban J connectivity index is 2.00. The molecule has 0 spiro atoms. The Morgan fingerprint density at radius 3 is 2.74 bits per heavy atom. The van der Waals surface area contributed by atoms with Gasteiger partial charge in [-0.1, -0.05) is 5.21 Å². The summed E-state index contributed by atoms with van der Waals surface area (Å²) in [4.78, 5) is 13.3. The highest BCUT2D eigenvalue weighted by Gasteiger charge is 2.19. The van der Waals surface area contributed by atoms with E-state index in [1.54, 1.807) is 4.68 Å². The zero-order valence-electron chi connectivity index (χ0n) is 10.8. The predicted octanol–water partition coefficient (Wildman–Crippen LogP) is -1.19. The van der Waals surface area contributed by atoms with E-state index in [-0.39, 0.29) is 5.69 Å². The Hall–Kier alpha value is -1.51. The van der Waals surface area contributed by atoms with Gasteiger partial charge in [0, 0.05) is 26.1 Å². The van der Waals surface area contributed by atoms with Crippen LogP contribution in [0.4, 0.5) is 0 Å². The molecular formula is C11H19N5O3. The number of nitrogens with two attached hydrogens (primary N) is 1. The number of nitrogens with zero attached hydrogens (tertiary/aromatic N) is 4. The van der Waals surface area contributed by atoms with Gasteiger partial charge >= 0.3 is 5.97 Å². The zero-order valence-corrected chi connectivity index (χ0v) is 10.8. The minimum absolute atomic E-state index is 0.00688. The first-order valence-corrected chi connectivity index (χ1v) is 6.38. The van der Waals surface area contributed by atoms with Crippen molar-refractivity contribution in [3.05, 3.63) is 11.4 Å². The minimum atomic E-state index is -1.05. The summed E-state index contributed by atoms with van der Waals surface area (Å²) in [7, 11) is 0. The van der Waals surface area contributed by atoms with Crippen LogP contribution in [-0.2, 0) is 17.7 Å². The van der Waals surface area contributed by atoms with E-state index in [1.807, 2.05) is 0 Å². The van der Waals surface area contributed by atoms with Gasteiger partial charge in [0.2, 0.25) is 0 Å². The predicted molar refractivity (Wildman–Crippen MR) is 67.0 cm³/mol. The molecule has 0 saturated carbocycles. The fourth-order valence-electron chi connectivity index (χ4n) is 2.12. The number of aromatic carboxylic acids is 1. The highest BCUT2D eigenvalue weighted by atomic mass is 16.5. The van der Waals surface area contributed by atoms with Crippen molar-refractivity contribution in [2.24, 2.45) is 5.73 Å². The van der Waals surface area contributed by atoms with Crippen LogP contribution >= 0.6 is 0 Å². The van der Waals surface area contributed by atoms with Crippen molar-refractivity contribution in [1.82, 2.24) is 19.9 Å². The number of hydrogen-bond donors (Lipinski definition) is 2. The van der Waals surface area contributed by atoms with Gasteiger partial charge in [-0.25, -0.2) is 9.48 Å². The Kier molecular flexibility index (Phi) is 4.83. The number of rotatable bonds is 6. The molecule has 0 aliphatic carbocycles. The second kappa shape index (κ2) is 6.60. The van der Waals surface area contributed by atoms with E-state index in [4.69, 9.17) is 15.6 Å². The van der Waals surface area contributed by atoms with Crippen molar-refractivity contribution in [2.45, 2.75) is 13.0 Å². The average molecular weight is 269 g/mol. The van der Waals surface area contributed by atoms with Crippen LogP contribution in [0.5, 0.6) is 0 Å². The van der Waals surface area contributed by atoms with Crippen molar-refractivity contribution in [2.75, 3.05) is 39.4 Å². The van der Waals surface area contributed by atoms with E-state index in [9.17, 15) is 4.79 Å². The molecule has 0 amide bonds. The van der Waals surface area contributed by atoms with Crippen LogP contribution < -0.4 is 5.73 Å². The van der Waals surface area contributed by atoms with Gasteiger partial charge in [-0.3, -0.25) is 4.90 Å². The molecule has 106 valence electrons. The van der Waals surface area contributed by atoms with Crippen molar-refractivity contribution in [1.29, 1.82) is 0 Å². The number of carbonyl (C=O) groups is 1. The van der Waals surface area contributed by atoms with E-state index < -0.39 is 5.97 Å². The third-order valence-electron chi connectivity index (χ3n) is 3.15. The average Bonchev–Trinajstić information content (AvgIpc) is 2.81. The third-order valence-corrected chi connectivity index (χ3v) is 3.15. The molecule has 2 heterocycles. The summed E-state index contributed by atoms with van der Waals surface area (Å²) in [6, 6.07) is 0. The maximum Gasteiger partial charge on any atom is 0.358 e. The van der Waals surface area contributed by atoms with Crippen molar-refractivity contribution < 1.29 is 14.6 Å². The zero-order chi connectivity index (χ0) is 13.7. The van der Waals surface area contributed by atoms with Gasteiger partial charge in [-0.2, -0.15) is 0 Å². The van der Waals surface area contributed by atoms with Crippen LogP contribution in [0.2, 0.25) is 0 Å². The molecule has 1 aliphatic heterocycles. The highest BCUT2D eigenvalue weighted by Crippen LogP contribution is 2.07. The first kappa shape index (κ1) is 13.9. The summed E-state index contributed by atoms with van der Waals surface area (Å²) in [6.07, 6.45) is 0.470. The molecule has 1 aromatic rings. The summed E-state index contributed by atoms with van der Waals surface area (Å²) >= 11 is 0. The summed E-state index contributed by atoms with van der Waals surface area (Å²) in [5.41, 5.74) is 6.11. The van der Waals surface area contributed by atoms with Gasteiger partial charge in [0.1, 0.15) is 0 Å². The lowest BCUT2D eigenvalue weighted by molar-refractivity contribution is 0.0358. The van der Waals surface area contributed by atoms with Crippen LogP contribution in [0.3, 0.4) is 0 Å². The molecule has 19 heavy (non-hydrogen) atoms. The molecule has 1 aromatic heterocycles. The lowest BCUT2D eigenvalue weighted by atomic mass is 10.2. The standard InChI is InChI=1S/C11H19N5O3/c12-2-1-9-10(11(17)18)13-14-16(9)4-3-15-5-7-19-8-6-15/h1-8,12H2,(H,17,18). The Bertz CT molecular complexity index is 428. The van der Waals surface area contributed by atoms with E-state index in [1.165, 1.54) is 0 Å². The second-order valence-corrected chi connectivity index (χ2v) is 4.41. The maximum atomic E-state index is 11.0. The SMILES string of the molecule is NCCc1c(C(=O)O)nnn1CCN1CCOCC1. The Morgan fingerprint density at radius 1 is 1.37 bits per heavy atom. The maximum absolute atomic E-state index is 11.0. The molecule has 0 aromatic carbocycles. The molecule has 8 nitrogen and oxygen atoms in total. The largest absolute Gasteiger partial charge is 0.476 e. The lowest BCUT2D eigenvalue weighted by Gasteiger charge is -2.26. The van der Waals surface area contributed by atoms with E-state index in [0.29, 0.717) is 25.2 Å². The highest BCUT2D eigenvalue weighted by molar-refractivity contribution is 5.86. The van der Waals surface area contributed by atoms with Crippen molar-refractivity contribution in [3.63, 3.8) is 0 Å². The van der Waals surface area contributed by atoms with Gasteiger partial charge < -0.3 is 15.6 Å². The van der Waals surface area contributed by atoms with E-state index >= 15 is 0 Å². The summed E-state index contributed by atoms with van der Waals surface area (Å²) < 4.78 is 6.92. The number of carboxylic acid groups (broad SMARTS) is 1. The molecule has 1 fully saturated rings.